The fourth-order valence-corrected chi connectivity index (χ4v) is 8.56. The lowest BCUT2D eigenvalue weighted by molar-refractivity contribution is 0.108. The van der Waals surface area contributed by atoms with Crippen molar-refractivity contribution in [2.45, 2.75) is 44.2 Å². The van der Waals surface area contributed by atoms with E-state index in [4.69, 9.17) is 27.1 Å². The first kappa shape index (κ1) is 28.5. The van der Waals surface area contributed by atoms with Gasteiger partial charge in [-0.15, -0.1) is 11.3 Å². The van der Waals surface area contributed by atoms with E-state index < -0.39 is 11.6 Å². The summed E-state index contributed by atoms with van der Waals surface area (Å²) in [6.45, 7) is 7.01. The molecule has 5 heterocycles. The molecule has 3 aliphatic heterocycles. The number of halogens is 3. The number of nitrogen functional groups attached to an aromatic ring is 1. The highest BCUT2D eigenvalue weighted by Gasteiger charge is 2.45. The Balaban J connectivity index is 1.41. The first-order chi connectivity index (χ1) is 20.7. The molecule has 2 N–H and O–H groups in total. The molecule has 2 aromatic heterocycles. The number of aromatic nitrogens is 2. The van der Waals surface area contributed by atoms with Crippen molar-refractivity contribution >= 4 is 54.7 Å². The lowest BCUT2D eigenvalue weighted by Gasteiger charge is -2.39. The van der Waals surface area contributed by atoms with Crippen molar-refractivity contribution in [3.63, 3.8) is 0 Å². The molecular weight excluding hydrogens is 592 g/mol. The number of anilines is 2. The van der Waals surface area contributed by atoms with Crippen LogP contribution in [0.3, 0.4) is 0 Å². The third-order valence-electron chi connectivity index (χ3n) is 9.43. The molecule has 0 aliphatic carbocycles. The van der Waals surface area contributed by atoms with Gasteiger partial charge in [0.2, 0.25) is 0 Å². The molecule has 2 aromatic carbocycles. The van der Waals surface area contributed by atoms with E-state index in [-0.39, 0.29) is 59.9 Å². The molecule has 4 aromatic rings. The maximum absolute atomic E-state index is 16.9. The van der Waals surface area contributed by atoms with E-state index in [0.29, 0.717) is 24.4 Å². The number of hydrogen-bond acceptors (Lipinski definition) is 9. The lowest BCUT2D eigenvalue weighted by atomic mass is 9.95. The van der Waals surface area contributed by atoms with Gasteiger partial charge in [0.05, 0.1) is 20.8 Å². The van der Waals surface area contributed by atoms with Gasteiger partial charge < -0.3 is 20.3 Å². The summed E-state index contributed by atoms with van der Waals surface area (Å²) in [6, 6.07) is 6.64. The summed E-state index contributed by atoms with van der Waals surface area (Å²) in [5.74, 6) is -0.645. The zero-order valence-electron chi connectivity index (χ0n) is 24.1. The van der Waals surface area contributed by atoms with Crippen LogP contribution in [0, 0.1) is 23.0 Å². The van der Waals surface area contributed by atoms with Crippen molar-refractivity contribution in [3.05, 3.63) is 40.4 Å². The van der Waals surface area contributed by atoms with E-state index in [0.717, 1.165) is 63.2 Å². The van der Waals surface area contributed by atoms with Gasteiger partial charge in [0.1, 0.15) is 34.8 Å². The molecule has 3 aliphatic rings. The summed E-state index contributed by atoms with van der Waals surface area (Å²) in [4.78, 5) is 16.4. The monoisotopic (exact) mass is 623 g/mol. The molecule has 0 saturated carbocycles. The van der Waals surface area contributed by atoms with Crippen molar-refractivity contribution in [2.24, 2.45) is 0 Å². The van der Waals surface area contributed by atoms with Crippen LogP contribution in [0.25, 0.3) is 32.1 Å². The van der Waals surface area contributed by atoms with Crippen LogP contribution in [0.1, 0.15) is 38.2 Å². The third-order valence-corrected chi connectivity index (χ3v) is 10.8. The van der Waals surface area contributed by atoms with Crippen LogP contribution in [0.2, 0.25) is 5.02 Å². The molecule has 0 amide bonds. The molecule has 0 spiro atoms. The zero-order valence-corrected chi connectivity index (χ0v) is 25.7. The minimum atomic E-state index is -0.680. The second kappa shape index (κ2) is 10.7. The van der Waals surface area contributed by atoms with Crippen LogP contribution in [0.5, 0.6) is 6.01 Å². The van der Waals surface area contributed by atoms with Gasteiger partial charge in [-0.05, 0) is 70.4 Å². The standard InChI is InChI=1S/C31H32ClF2N7OS/c1-17-15-39(2)11-12-41(17)29-19-13-21(32)24(18-5-6-22(33)27-23(18)20(14-35)28(36)43-27)25(34)26(19)37-30(38-29)42-16-31-7-3-9-40(31)10-4-8-31/h5-6,13,17H,3-4,7-12,15-16,36H2,1-2H3. The summed E-state index contributed by atoms with van der Waals surface area (Å²) in [6.07, 6.45) is 4.38. The SMILES string of the molecule is CC1CN(C)CCN1c1nc(OCC23CCCN2CCC3)nc2c(F)c(-c3ccc(F)c4sc(N)c(C#N)c34)c(Cl)cc12. The van der Waals surface area contributed by atoms with Gasteiger partial charge in [-0.3, -0.25) is 4.90 Å². The van der Waals surface area contributed by atoms with E-state index >= 15 is 4.39 Å². The van der Waals surface area contributed by atoms with Crippen LogP contribution >= 0.6 is 22.9 Å². The number of nitrogens with zero attached hydrogens (tertiary/aromatic N) is 6. The highest BCUT2D eigenvalue weighted by Crippen LogP contribution is 2.46. The van der Waals surface area contributed by atoms with Gasteiger partial charge in [-0.1, -0.05) is 17.7 Å². The summed E-state index contributed by atoms with van der Waals surface area (Å²) in [5.41, 5.74) is 6.52. The first-order valence-corrected chi connectivity index (χ1v) is 15.8. The van der Waals surface area contributed by atoms with Gasteiger partial charge in [-0.25, -0.2) is 8.78 Å². The van der Waals surface area contributed by atoms with E-state index in [9.17, 15) is 9.65 Å². The van der Waals surface area contributed by atoms with Crippen molar-refractivity contribution in [2.75, 3.05) is 57.0 Å². The normalized spacial score (nSPS) is 20.7. The Morgan fingerprint density at radius 1 is 1.19 bits per heavy atom. The quantitative estimate of drug-likeness (QED) is 0.287. The summed E-state index contributed by atoms with van der Waals surface area (Å²) in [5, 5.41) is 10.8. The Kier molecular flexibility index (Phi) is 7.08. The van der Waals surface area contributed by atoms with E-state index in [1.807, 2.05) is 0 Å². The second-order valence-electron chi connectivity index (χ2n) is 12.0. The molecule has 1 unspecified atom stereocenters. The largest absolute Gasteiger partial charge is 0.461 e. The Morgan fingerprint density at radius 2 is 1.95 bits per heavy atom. The molecule has 12 heteroatoms. The van der Waals surface area contributed by atoms with Crippen LogP contribution < -0.4 is 15.4 Å². The van der Waals surface area contributed by atoms with Gasteiger partial charge in [0, 0.05) is 42.0 Å². The third kappa shape index (κ3) is 4.58. The number of hydrogen-bond donors (Lipinski definition) is 1. The maximum Gasteiger partial charge on any atom is 0.319 e. The Morgan fingerprint density at radius 3 is 2.67 bits per heavy atom. The molecule has 7 rings (SSSR count). The molecular formula is C31H32ClF2N7OS. The van der Waals surface area contributed by atoms with Gasteiger partial charge in [0.15, 0.2) is 5.82 Å². The highest BCUT2D eigenvalue weighted by atomic mass is 35.5. The number of thiophene rings is 1. The van der Waals surface area contributed by atoms with Crippen molar-refractivity contribution in [1.29, 1.82) is 5.26 Å². The van der Waals surface area contributed by atoms with Crippen LogP contribution in [0.15, 0.2) is 18.2 Å². The first-order valence-electron chi connectivity index (χ1n) is 14.6. The average Bonchev–Trinajstić information content (AvgIpc) is 3.65. The molecule has 3 saturated heterocycles. The summed E-state index contributed by atoms with van der Waals surface area (Å²) >= 11 is 7.80. The number of benzene rings is 2. The van der Waals surface area contributed by atoms with Crippen molar-refractivity contribution in [3.8, 4) is 23.2 Å². The lowest BCUT2D eigenvalue weighted by Crippen LogP contribution is -2.51. The molecule has 1 atom stereocenters. The Hall–Kier alpha value is -3.30. The predicted octanol–water partition coefficient (Wildman–Crippen LogP) is 6.04. The summed E-state index contributed by atoms with van der Waals surface area (Å²) < 4.78 is 38.2. The summed E-state index contributed by atoms with van der Waals surface area (Å²) in [7, 11) is 2.08. The molecule has 3 fully saturated rings. The number of rotatable bonds is 5. The molecule has 43 heavy (non-hydrogen) atoms. The number of fused-ring (bicyclic) bond motifs is 3. The number of ether oxygens (including phenoxy) is 1. The van der Waals surface area contributed by atoms with E-state index in [1.54, 1.807) is 6.07 Å². The average molecular weight is 624 g/mol. The van der Waals surface area contributed by atoms with E-state index in [2.05, 4.69) is 39.7 Å². The molecule has 8 nitrogen and oxygen atoms in total. The minimum Gasteiger partial charge on any atom is -0.461 e. The number of nitriles is 1. The number of nitrogens with two attached hydrogens (primary N) is 1. The van der Waals surface area contributed by atoms with Crippen LogP contribution in [0.4, 0.5) is 19.6 Å². The van der Waals surface area contributed by atoms with Crippen LogP contribution in [-0.4, -0.2) is 77.7 Å². The fraction of sp³-hybridized carbons (Fsp3) is 0.452. The van der Waals surface area contributed by atoms with Gasteiger partial charge in [0.25, 0.3) is 0 Å². The minimum absolute atomic E-state index is 0.0321. The fourth-order valence-electron chi connectivity index (χ4n) is 7.31. The topological polar surface area (TPSA) is 94.5 Å². The Labute approximate surface area is 257 Å². The smallest absolute Gasteiger partial charge is 0.319 e. The van der Waals surface area contributed by atoms with Crippen molar-refractivity contribution < 1.29 is 13.5 Å². The number of piperazine rings is 1. The maximum atomic E-state index is 16.9. The molecule has 224 valence electrons. The zero-order chi connectivity index (χ0) is 30.0. The molecule has 0 radical (unpaired) electrons. The predicted molar refractivity (Wildman–Crippen MR) is 167 cm³/mol. The Bertz CT molecular complexity index is 1800. The van der Waals surface area contributed by atoms with Gasteiger partial charge >= 0.3 is 6.01 Å². The second-order valence-corrected chi connectivity index (χ2v) is 13.5. The molecule has 0 bridgehead atoms. The highest BCUT2D eigenvalue weighted by molar-refractivity contribution is 7.23. The van der Waals surface area contributed by atoms with Crippen molar-refractivity contribution in [1.82, 2.24) is 19.8 Å². The van der Waals surface area contributed by atoms with E-state index in [1.165, 1.54) is 12.1 Å². The van der Waals surface area contributed by atoms with Gasteiger partial charge in [-0.2, -0.15) is 15.2 Å². The number of likely N-dealkylation sites (N-methyl/N-ethyl adjacent to an activating group) is 1. The van der Waals surface area contributed by atoms with Crippen LogP contribution in [-0.2, 0) is 0 Å².